The molecule has 5 heteroatoms. The molecule has 0 unspecified atom stereocenters. The van der Waals surface area contributed by atoms with E-state index < -0.39 is 0 Å². The zero-order chi connectivity index (χ0) is 15.1. The summed E-state index contributed by atoms with van der Waals surface area (Å²) in [5, 5.41) is 2.69. The molecule has 1 aliphatic rings. The number of aromatic nitrogens is 1. The number of rotatable bonds is 4. The van der Waals surface area contributed by atoms with Crippen LogP contribution in [0, 0.1) is 0 Å². The summed E-state index contributed by atoms with van der Waals surface area (Å²) >= 11 is 0. The molecule has 0 aromatic carbocycles. The third-order valence-electron chi connectivity index (χ3n) is 3.54. The van der Waals surface area contributed by atoms with Gasteiger partial charge in [-0.15, -0.1) is 6.58 Å². The van der Waals surface area contributed by atoms with Crippen molar-refractivity contribution >= 4 is 11.8 Å². The molecule has 2 amide bonds. The predicted octanol–water partition coefficient (Wildman–Crippen LogP) is 2.01. The zero-order valence-corrected chi connectivity index (χ0v) is 12.2. The SMILES string of the molecule is C=CCNC(=O)c1ccnc(C(=O)N2CCCCCC2)c1. The van der Waals surface area contributed by atoms with Gasteiger partial charge in [0.05, 0.1) is 0 Å². The van der Waals surface area contributed by atoms with Gasteiger partial charge < -0.3 is 10.2 Å². The lowest BCUT2D eigenvalue weighted by Gasteiger charge is -2.19. The first-order chi connectivity index (χ1) is 10.2. The summed E-state index contributed by atoms with van der Waals surface area (Å²) in [5.41, 5.74) is 0.785. The highest BCUT2D eigenvalue weighted by molar-refractivity contribution is 5.98. The summed E-state index contributed by atoms with van der Waals surface area (Å²) in [6, 6.07) is 3.17. The summed E-state index contributed by atoms with van der Waals surface area (Å²) in [7, 11) is 0. The van der Waals surface area contributed by atoms with Gasteiger partial charge in [0.2, 0.25) is 0 Å². The smallest absolute Gasteiger partial charge is 0.272 e. The molecule has 1 aromatic rings. The lowest BCUT2D eigenvalue weighted by Crippen LogP contribution is -2.32. The fourth-order valence-electron chi connectivity index (χ4n) is 2.39. The third-order valence-corrected chi connectivity index (χ3v) is 3.54. The molecule has 0 aliphatic carbocycles. The third kappa shape index (κ3) is 4.15. The number of hydrogen-bond acceptors (Lipinski definition) is 3. The minimum Gasteiger partial charge on any atom is -0.349 e. The van der Waals surface area contributed by atoms with Gasteiger partial charge in [-0.05, 0) is 25.0 Å². The molecule has 0 bridgehead atoms. The lowest BCUT2D eigenvalue weighted by atomic mass is 10.2. The average molecular weight is 287 g/mol. The Morgan fingerprint density at radius 1 is 1.29 bits per heavy atom. The van der Waals surface area contributed by atoms with Crippen LogP contribution in [0.3, 0.4) is 0 Å². The van der Waals surface area contributed by atoms with Gasteiger partial charge in [-0.25, -0.2) is 0 Å². The number of likely N-dealkylation sites (tertiary alicyclic amines) is 1. The molecule has 1 saturated heterocycles. The van der Waals surface area contributed by atoms with Gasteiger partial charge in [0.25, 0.3) is 11.8 Å². The highest BCUT2D eigenvalue weighted by Crippen LogP contribution is 2.13. The maximum absolute atomic E-state index is 12.5. The Morgan fingerprint density at radius 3 is 2.67 bits per heavy atom. The highest BCUT2D eigenvalue weighted by Gasteiger charge is 2.19. The summed E-state index contributed by atoms with van der Waals surface area (Å²) in [4.78, 5) is 30.3. The maximum atomic E-state index is 12.5. The van der Waals surface area contributed by atoms with Crippen LogP contribution in [0.15, 0.2) is 31.0 Å². The van der Waals surface area contributed by atoms with Crippen molar-refractivity contribution in [3.8, 4) is 0 Å². The summed E-state index contributed by atoms with van der Waals surface area (Å²) < 4.78 is 0. The van der Waals surface area contributed by atoms with Crippen LogP contribution in [0.4, 0.5) is 0 Å². The van der Waals surface area contributed by atoms with Crippen LogP contribution in [0.1, 0.15) is 46.5 Å². The van der Waals surface area contributed by atoms with Gasteiger partial charge in [-0.2, -0.15) is 0 Å². The van der Waals surface area contributed by atoms with E-state index in [2.05, 4.69) is 16.9 Å². The second-order valence-corrected chi connectivity index (χ2v) is 5.13. The number of hydrogen-bond donors (Lipinski definition) is 1. The average Bonchev–Trinajstić information content (AvgIpc) is 2.81. The Balaban J connectivity index is 2.10. The van der Waals surface area contributed by atoms with Crippen LogP contribution in [0.25, 0.3) is 0 Å². The highest BCUT2D eigenvalue weighted by atomic mass is 16.2. The maximum Gasteiger partial charge on any atom is 0.272 e. The van der Waals surface area contributed by atoms with Crippen LogP contribution in [0.5, 0.6) is 0 Å². The lowest BCUT2D eigenvalue weighted by molar-refractivity contribution is 0.0755. The van der Waals surface area contributed by atoms with Crippen LogP contribution < -0.4 is 5.32 Å². The van der Waals surface area contributed by atoms with E-state index in [1.165, 1.54) is 19.0 Å². The number of carbonyl (C=O) groups is 2. The molecule has 1 aromatic heterocycles. The second-order valence-electron chi connectivity index (χ2n) is 5.13. The standard InChI is InChI=1S/C16H21N3O2/c1-2-8-18-15(20)13-7-9-17-14(12-13)16(21)19-10-5-3-4-6-11-19/h2,7,9,12H,1,3-6,8,10-11H2,(H,18,20). The van der Waals surface area contributed by atoms with Crippen molar-refractivity contribution in [3.63, 3.8) is 0 Å². The minimum atomic E-state index is -0.220. The van der Waals surface area contributed by atoms with Crippen molar-refractivity contribution in [1.82, 2.24) is 15.2 Å². The molecule has 0 saturated carbocycles. The molecule has 1 N–H and O–H groups in total. The predicted molar refractivity (Wildman–Crippen MR) is 81.1 cm³/mol. The first-order valence-electron chi connectivity index (χ1n) is 7.37. The Labute approximate surface area is 125 Å². The summed E-state index contributed by atoms with van der Waals surface area (Å²) in [5.74, 6) is -0.308. The van der Waals surface area contributed by atoms with Crippen molar-refractivity contribution < 1.29 is 9.59 Å². The van der Waals surface area contributed by atoms with Crippen molar-refractivity contribution in [2.24, 2.45) is 0 Å². The largest absolute Gasteiger partial charge is 0.349 e. The van der Waals surface area contributed by atoms with Gasteiger partial charge in [-0.1, -0.05) is 18.9 Å². The van der Waals surface area contributed by atoms with Crippen LogP contribution >= 0.6 is 0 Å². The van der Waals surface area contributed by atoms with Gasteiger partial charge >= 0.3 is 0 Å². The fourth-order valence-corrected chi connectivity index (χ4v) is 2.39. The van der Waals surface area contributed by atoms with E-state index in [9.17, 15) is 9.59 Å². The zero-order valence-electron chi connectivity index (χ0n) is 12.2. The van der Waals surface area contributed by atoms with E-state index in [1.54, 1.807) is 18.2 Å². The number of nitrogens with one attached hydrogen (secondary N) is 1. The number of carbonyl (C=O) groups excluding carboxylic acids is 2. The molecule has 1 aliphatic heterocycles. The molecule has 112 valence electrons. The normalized spacial score (nSPS) is 15.1. The Morgan fingerprint density at radius 2 is 2.00 bits per heavy atom. The molecule has 1 fully saturated rings. The summed E-state index contributed by atoms with van der Waals surface area (Å²) in [6.45, 7) is 5.50. The van der Waals surface area contributed by atoms with E-state index in [-0.39, 0.29) is 11.8 Å². The van der Waals surface area contributed by atoms with Crippen molar-refractivity contribution in [2.75, 3.05) is 19.6 Å². The van der Waals surface area contributed by atoms with Gasteiger partial charge in [0.1, 0.15) is 5.69 Å². The van der Waals surface area contributed by atoms with Gasteiger partial charge in [0, 0.05) is 31.4 Å². The Bertz CT molecular complexity index is 520. The van der Waals surface area contributed by atoms with Crippen LogP contribution in [-0.2, 0) is 0 Å². The Kier molecular flexibility index (Phi) is 5.49. The quantitative estimate of drug-likeness (QED) is 0.862. The van der Waals surface area contributed by atoms with Crippen molar-refractivity contribution in [1.29, 1.82) is 0 Å². The molecular weight excluding hydrogens is 266 g/mol. The monoisotopic (exact) mass is 287 g/mol. The molecule has 2 heterocycles. The van der Waals surface area contributed by atoms with E-state index >= 15 is 0 Å². The first kappa shape index (κ1) is 15.2. The first-order valence-corrected chi connectivity index (χ1v) is 7.37. The van der Waals surface area contributed by atoms with Crippen molar-refractivity contribution in [2.45, 2.75) is 25.7 Å². The molecule has 0 atom stereocenters. The molecule has 5 nitrogen and oxygen atoms in total. The van der Waals surface area contributed by atoms with E-state index in [1.807, 2.05) is 4.90 Å². The summed E-state index contributed by atoms with van der Waals surface area (Å²) in [6.07, 6.45) is 7.52. The molecule has 0 spiro atoms. The molecule has 0 radical (unpaired) electrons. The molecular formula is C16H21N3O2. The van der Waals surface area contributed by atoms with Gasteiger partial charge in [-0.3, -0.25) is 14.6 Å². The number of amides is 2. The Hall–Kier alpha value is -2.17. The molecule has 21 heavy (non-hydrogen) atoms. The van der Waals surface area contributed by atoms with Crippen LogP contribution in [-0.4, -0.2) is 41.3 Å². The fraction of sp³-hybridized carbons (Fsp3) is 0.438. The van der Waals surface area contributed by atoms with E-state index in [0.717, 1.165) is 25.9 Å². The molecule has 2 rings (SSSR count). The van der Waals surface area contributed by atoms with E-state index in [4.69, 9.17) is 0 Å². The number of nitrogens with zero attached hydrogens (tertiary/aromatic N) is 2. The van der Waals surface area contributed by atoms with Crippen LogP contribution in [0.2, 0.25) is 0 Å². The number of pyridine rings is 1. The minimum absolute atomic E-state index is 0.0877. The van der Waals surface area contributed by atoms with Crippen molar-refractivity contribution in [3.05, 3.63) is 42.2 Å². The second kappa shape index (κ2) is 7.57. The van der Waals surface area contributed by atoms with Gasteiger partial charge in [0.15, 0.2) is 0 Å². The topological polar surface area (TPSA) is 62.3 Å². The van der Waals surface area contributed by atoms with E-state index in [0.29, 0.717) is 17.8 Å².